The number of phenols is 1. The Morgan fingerprint density at radius 2 is 1.39 bits per heavy atom. The van der Waals surface area contributed by atoms with Crippen LogP contribution in [0, 0.1) is 5.92 Å². The molecule has 0 radical (unpaired) electrons. The highest BCUT2D eigenvalue weighted by Crippen LogP contribution is 2.22. The molecule has 1 aliphatic heterocycles. The lowest BCUT2D eigenvalue weighted by Gasteiger charge is -2.31. The molecule has 62 heavy (non-hydrogen) atoms. The maximum absolute atomic E-state index is 14.4. The van der Waals surface area contributed by atoms with Crippen molar-refractivity contribution >= 4 is 46.4 Å². The molecule has 1 aromatic heterocycles. The fourth-order valence-electron chi connectivity index (χ4n) is 7.80. The van der Waals surface area contributed by atoms with Crippen LogP contribution in [0.15, 0.2) is 85.1 Å². The van der Waals surface area contributed by atoms with Crippen LogP contribution in [-0.4, -0.2) is 105 Å². The van der Waals surface area contributed by atoms with Gasteiger partial charge in [-0.1, -0.05) is 74.5 Å². The topological polar surface area (TPSA) is 262 Å². The summed E-state index contributed by atoms with van der Waals surface area (Å²) in [6.45, 7) is 4.31. The number of phenolic OH excluding ortho intramolecular Hbond substituents is 1. The zero-order valence-electron chi connectivity index (χ0n) is 35.3. The number of carboxylic acids is 1. The van der Waals surface area contributed by atoms with Crippen LogP contribution in [0.4, 0.5) is 0 Å². The molecule has 4 aromatic rings. The van der Waals surface area contributed by atoms with Crippen molar-refractivity contribution in [2.75, 3.05) is 13.1 Å². The van der Waals surface area contributed by atoms with E-state index in [1.807, 2.05) is 74.6 Å². The molecule has 0 aliphatic carbocycles. The van der Waals surface area contributed by atoms with E-state index in [1.54, 1.807) is 12.1 Å². The number of unbranched alkanes of at least 4 members (excludes halogenated alkanes) is 1. The second-order valence-corrected chi connectivity index (χ2v) is 16.4. The highest BCUT2D eigenvalue weighted by atomic mass is 16.4. The summed E-state index contributed by atoms with van der Waals surface area (Å²) in [6.07, 6.45) is 4.36. The van der Waals surface area contributed by atoms with E-state index in [1.165, 1.54) is 17.0 Å². The molecule has 0 saturated carbocycles. The molecule has 332 valence electrons. The first kappa shape index (κ1) is 46.8. The third kappa shape index (κ3) is 13.1. The Morgan fingerprint density at radius 3 is 2.08 bits per heavy atom. The minimum Gasteiger partial charge on any atom is -0.508 e. The summed E-state index contributed by atoms with van der Waals surface area (Å²) in [5, 5.41) is 31.6. The number of hydrogen-bond donors (Lipinski definition) is 9. The van der Waals surface area contributed by atoms with E-state index >= 15 is 0 Å². The van der Waals surface area contributed by atoms with Gasteiger partial charge in [-0.2, -0.15) is 0 Å². The number of fused-ring (bicyclic) bond motifs is 1. The molecule has 16 nitrogen and oxygen atoms in total. The molecule has 16 heteroatoms. The lowest BCUT2D eigenvalue weighted by molar-refractivity contribution is -0.143. The number of carbonyl (C=O) groups is 6. The Balaban J connectivity index is 1.29. The normalized spacial score (nSPS) is 16.2. The number of likely N-dealkylation sites (tertiary alicyclic amines) is 1. The van der Waals surface area contributed by atoms with Gasteiger partial charge in [0.1, 0.15) is 36.0 Å². The summed E-state index contributed by atoms with van der Waals surface area (Å²) in [5.74, 6) is -4.20. The third-order valence-corrected chi connectivity index (χ3v) is 11.1. The van der Waals surface area contributed by atoms with Crippen LogP contribution in [0.1, 0.15) is 69.1 Å². The van der Waals surface area contributed by atoms with Gasteiger partial charge in [-0.3, -0.25) is 24.0 Å². The van der Waals surface area contributed by atoms with Gasteiger partial charge in [0.2, 0.25) is 29.5 Å². The number of nitrogens with zero attached hydrogens (tertiary/aromatic N) is 1. The number of amides is 5. The number of nitrogens with two attached hydrogens (primary N) is 2. The molecule has 5 rings (SSSR count). The molecule has 0 bridgehead atoms. The maximum Gasteiger partial charge on any atom is 0.326 e. The van der Waals surface area contributed by atoms with Crippen molar-refractivity contribution in [2.45, 2.75) is 108 Å². The Morgan fingerprint density at radius 1 is 0.758 bits per heavy atom. The van der Waals surface area contributed by atoms with Crippen molar-refractivity contribution < 1.29 is 39.0 Å². The number of hydrogen-bond acceptors (Lipinski definition) is 9. The highest BCUT2D eigenvalue weighted by Gasteiger charge is 2.40. The summed E-state index contributed by atoms with van der Waals surface area (Å²) in [6, 6.07) is 16.3. The summed E-state index contributed by atoms with van der Waals surface area (Å²) in [7, 11) is 0. The highest BCUT2D eigenvalue weighted by molar-refractivity contribution is 5.97. The van der Waals surface area contributed by atoms with Gasteiger partial charge in [0.05, 0.1) is 6.04 Å². The summed E-state index contributed by atoms with van der Waals surface area (Å²) >= 11 is 0. The number of aromatic hydroxyl groups is 1. The van der Waals surface area contributed by atoms with Crippen LogP contribution in [0.2, 0.25) is 0 Å². The van der Waals surface area contributed by atoms with Gasteiger partial charge in [-0.25, -0.2) is 4.79 Å². The summed E-state index contributed by atoms with van der Waals surface area (Å²) < 4.78 is 0. The second kappa shape index (κ2) is 22.5. The minimum atomic E-state index is -1.31. The fourth-order valence-corrected chi connectivity index (χ4v) is 7.80. The number of rotatable bonds is 22. The summed E-state index contributed by atoms with van der Waals surface area (Å²) in [4.78, 5) is 86.7. The van der Waals surface area contributed by atoms with Crippen LogP contribution >= 0.6 is 0 Å². The largest absolute Gasteiger partial charge is 0.508 e. The van der Waals surface area contributed by atoms with Gasteiger partial charge in [-0.15, -0.1) is 0 Å². The molecule has 5 amide bonds. The molecular formula is C46H60N8O8. The predicted molar refractivity (Wildman–Crippen MR) is 234 cm³/mol. The van der Waals surface area contributed by atoms with Crippen LogP contribution in [0.5, 0.6) is 5.75 Å². The van der Waals surface area contributed by atoms with Gasteiger partial charge in [0.15, 0.2) is 0 Å². The fraction of sp³-hybridized carbons (Fsp3) is 0.435. The first-order chi connectivity index (χ1) is 29.7. The Labute approximate surface area is 361 Å². The molecule has 2 heterocycles. The van der Waals surface area contributed by atoms with E-state index in [0.717, 1.165) is 22.0 Å². The summed E-state index contributed by atoms with van der Waals surface area (Å²) in [5.41, 5.74) is 15.3. The van der Waals surface area contributed by atoms with Crippen LogP contribution in [0.25, 0.3) is 10.9 Å². The number of carboxylic acid groups (broad SMARTS) is 1. The number of aromatic nitrogens is 1. The lowest BCUT2D eigenvalue weighted by atomic mass is 10.0. The SMILES string of the molecule is CC(C)CC(NC(=O)C1CCCN1C(=O)C(CCCCN)NC(=O)C(Cc1ccccc1)NC(=O)C(N)Cc1c[nH]c2ccccc12)C(=O)NC(Cc1ccc(O)cc1)C(=O)O. The van der Waals surface area contributed by atoms with Crippen LogP contribution in [0.3, 0.4) is 0 Å². The number of benzene rings is 3. The van der Waals surface area contributed by atoms with Gasteiger partial charge < -0.3 is 52.8 Å². The van der Waals surface area contributed by atoms with E-state index in [0.29, 0.717) is 37.8 Å². The Kier molecular flexibility index (Phi) is 17.0. The van der Waals surface area contributed by atoms with Crippen molar-refractivity contribution in [3.8, 4) is 5.75 Å². The second-order valence-electron chi connectivity index (χ2n) is 16.4. The molecule has 3 aromatic carbocycles. The zero-order valence-corrected chi connectivity index (χ0v) is 35.3. The number of H-pyrrole nitrogens is 1. The van der Waals surface area contributed by atoms with Crippen LogP contribution < -0.4 is 32.7 Å². The average molecular weight is 853 g/mol. The molecule has 6 atom stereocenters. The van der Waals surface area contributed by atoms with Crippen molar-refractivity contribution in [2.24, 2.45) is 17.4 Å². The molecule has 1 fully saturated rings. The average Bonchev–Trinajstić information content (AvgIpc) is 3.91. The number of aliphatic carboxylic acids is 1. The zero-order chi connectivity index (χ0) is 44.8. The smallest absolute Gasteiger partial charge is 0.326 e. The van der Waals surface area contributed by atoms with Crippen molar-refractivity contribution in [1.82, 2.24) is 31.2 Å². The van der Waals surface area contributed by atoms with E-state index in [4.69, 9.17) is 11.5 Å². The number of carbonyl (C=O) groups excluding carboxylic acids is 5. The van der Waals surface area contributed by atoms with Gasteiger partial charge in [-0.05, 0) is 92.3 Å². The van der Waals surface area contributed by atoms with Gasteiger partial charge in [0, 0.05) is 36.5 Å². The lowest BCUT2D eigenvalue weighted by Crippen LogP contribution is -2.59. The van der Waals surface area contributed by atoms with E-state index in [-0.39, 0.29) is 50.3 Å². The standard InChI is InChI=1S/C46H60N8O8/c1-28(2)23-37(42(57)53-39(46(61)62)25-30-17-19-32(55)20-18-30)52-44(59)40-16-10-22-54(40)45(60)36(15-8-9-21-47)50-43(58)38(24-29-11-4-3-5-12-29)51-41(56)34(48)26-31-27-49-35-14-7-6-13-33(31)35/h3-7,11-14,17-20,27-28,34,36-40,49,55H,8-10,15-16,21-26,47-48H2,1-2H3,(H,50,58)(H,51,56)(H,52,59)(H,53,57)(H,61,62). The maximum atomic E-state index is 14.4. The predicted octanol–water partition coefficient (Wildman–Crippen LogP) is 2.42. The first-order valence-corrected chi connectivity index (χ1v) is 21.3. The number of aromatic amines is 1. The monoisotopic (exact) mass is 852 g/mol. The van der Waals surface area contributed by atoms with Crippen molar-refractivity contribution in [1.29, 1.82) is 0 Å². The number of nitrogens with one attached hydrogen (secondary N) is 5. The van der Waals surface area contributed by atoms with Crippen LogP contribution in [-0.2, 0) is 48.0 Å². The molecule has 1 saturated heterocycles. The molecular weight excluding hydrogens is 793 g/mol. The van der Waals surface area contributed by atoms with Gasteiger partial charge >= 0.3 is 5.97 Å². The quantitative estimate of drug-likeness (QED) is 0.0522. The molecule has 0 spiro atoms. The van der Waals surface area contributed by atoms with Crippen molar-refractivity contribution in [3.05, 3.63) is 102 Å². The minimum absolute atomic E-state index is 0.0166. The van der Waals surface area contributed by atoms with Crippen molar-refractivity contribution in [3.63, 3.8) is 0 Å². The van der Waals surface area contributed by atoms with Gasteiger partial charge in [0.25, 0.3) is 0 Å². The molecule has 6 unspecified atom stereocenters. The van der Waals surface area contributed by atoms with E-state index < -0.39 is 71.8 Å². The Hall–Kier alpha value is -6.26. The Bertz CT molecular complexity index is 2140. The van der Waals surface area contributed by atoms with E-state index in [9.17, 15) is 39.0 Å². The molecule has 1 aliphatic rings. The van der Waals surface area contributed by atoms with E-state index in [2.05, 4.69) is 26.3 Å². The number of para-hydroxylation sites is 1. The first-order valence-electron chi connectivity index (χ1n) is 21.3. The molecule has 11 N–H and O–H groups in total. The third-order valence-electron chi connectivity index (χ3n) is 11.1.